The molecule has 4 N–H and O–H groups in total. The second-order valence-electron chi connectivity index (χ2n) is 9.94. The van der Waals surface area contributed by atoms with Crippen molar-refractivity contribution in [3.63, 3.8) is 0 Å². The number of methoxy groups -OCH3 is 1. The molecule has 3 aromatic heterocycles. The zero-order valence-electron chi connectivity index (χ0n) is 21.3. The number of hydrogen-bond acceptors (Lipinski definition) is 8. The Labute approximate surface area is 219 Å². The van der Waals surface area contributed by atoms with Gasteiger partial charge in [-0.25, -0.2) is 9.97 Å². The van der Waals surface area contributed by atoms with Gasteiger partial charge in [-0.15, -0.1) is 0 Å². The maximum Gasteiger partial charge on any atom is 0.259 e. The lowest BCUT2D eigenvalue weighted by atomic mass is 9.98. The minimum atomic E-state index is -0.334. The predicted octanol–water partition coefficient (Wildman–Crippen LogP) is 3.84. The van der Waals surface area contributed by atoms with Gasteiger partial charge in [0.15, 0.2) is 0 Å². The number of benzene rings is 1. The van der Waals surface area contributed by atoms with Gasteiger partial charge >= 0.3 is 0 Å². The molecule has 3 heterocycles. The lowest BCUT2D eigenvalue weighted by Gasteiger charge is -2.23. The molecule has 1 aromatic carbocycles. The molecule has 0 radical (unpaired) electrons. The molecule has 10 nitrogen and oxygen atoms in total. The summed E-state index contributed by atoms with van der Waals surface area (Å²) in [5, 5.41) is 7.80. The molecule has 38 heavy (non-hydrogen) atoms. The minimum Gasteiger partial charge on any atom is -0.481 e. The highest BCUT2D eigenvalue weighted by atomic mass is 16.5. The molecule has 2 fully saturated rings. The van der Waals surface area contributed by atoms with Gasteiger partial charge in [-0.3, -0.25) is 9.59 Å². The lowest BCUT2D eigenvalue weighted by molar-refractivity contribution is 0.0951. The van der Waals surface area contributed by atoms with Crippen molar-refractivity contribution in [2.24, 2.45) is 0 Å². The van der Waals surface area contributed by atoms with Gasteiger partial charge in [0, 0.05) is 36.2 Å². The first-order valence-corrected chi connectivity index (χ1v) is 12.8. The number of nitrogens with one attached hydrogen (secondary N) is 2. The maximum atomic E-state index is 14.1. The highest BCUT2D eigenvalue weighted by Crippen LogP contribution is 2.38. The number of ether oxygens (including phenoxy) is 1. The summed E-state index contributed by atoms with van der Waals surface area (Å²) < 4.78 is 7.19. The first-order chi connectivity index (χ1) is 18.4. The molecule has 0 aliphatic heterocycles. The first kappa shape index (κ1) is 23.9. The molecule has 1 amide bonds. The van der Waals surface area contributed by atoms with Gasteiger partial charge in [0.1, 0.15) is 11.4 Å². The molecule has 10 heteroatoms. The maximum absolute atomic E-state index is 14.1. The van der Waals surface area contributed by atoms with E-state index in [1.54, 1.807) is 13.3 Å². The summed E-state index contributed by atoms with van der Waals surface area (Å²) in [6, 6.07) is 11.6. The fourth-order valence-corrected chi connectivity index (χ4v) is 4.81. The number of nitrogen functional groups attached to an aromatic ring is 1. The third-order valence-electron chi connectivity index (χ3n) is 7.04. The van der Waals surface area contributed by atoms with Gasteiger partial charge in [-0.05, 0) is 61.3 Å². The number of pyridine rings is 2. The molecular formula is C28H29N7O3. The van der Waals surface area contributed by atoms with Crippen LogP contribution in [-0.2, 0) is 0 Å². The van der Waals surface area contributed by atoms with E-state index in [9.17, 15) is 9.59 Å². The van der Waals surface area contributed by atoms with Gasteiger partial charge in [0.25, 0.3) is 11.5 Å². The van der Waals surface area contributed by atoms with Crippen LogP contribution in [0.15, 0.2) is 53.6 Å². The zero-order valence-corrected chi connectivity index (χ0v) is 21.3. The van der Waals surface area contributed by atoms with Crippen molar-refractivity contribution in [1.82, 2.24) is 24.8 Å². The van der Waals surface area contributed by atoms with Crippen molar-refractivity contribution in [3.05, 3.63) is 70.4 Å². The SMILES string of the molecule is COc1cc(-c2cccc3cc([C@H](C)Nc4nc(N)ncc4C(=O)NC4CC4)n(C4CC4)c(=O)c23)ccn1. The highest BCUT2D eigenvalue weighted by Gasteiger charge is 2.31. The average molecular weight is 512 g/mol. The minimum absolute atomic E-state index is 0.0473. The molecule has 0 unspecified atom stereocenters. The molecule has 194 valence electrons. The van der Waals surface area contributed by atoms with E-state index in [1.165, 1.54) is 6.20 Å². The van der Waals surface area contributed by atoms with E-state index < -0.39 is 0 Å². The van der Waals surface area contributed by atoms with Crippen LogP contribution in [0.5, 0.6) is 5.88 Å². The Kier molecular flexibility index (Phi) is 5.94. The number of aromatic nitrogens is 4. The first-order valence-electron chi connectivity index (χ1n) is 12.8. The van der Waals surface area contributed by atoms with E-state index in [4.69, 9.17) is 10.5 Å². The van der Waals surface area contributed by atoms with Crippen molar-refractivity contribution in [3.8, 4) is 17.0 Å². The molecular weight excluding hydrogens is 482 g/mol. The Morgan fingerprint density at radius 2 is 1.97 bits per heavy atom. The smallest absolute Gasteiger partial charge is 0.259 e. The normalized spacial score (nSPS) is 15.7. The molecule has 1 atom stereocenters. The Balaban J connectivity index is 1.43. The fraction of sp³-hybridized carbons (Fsp3) is 0.321. The van der Waals surface area contributed by atoms with Crippen molar-refractivity contribution >= 4 is 28.4 Å². The van der Waals surface area contributed by atoms with E-state index >= 15 is 0 Å². The van der Waals surface area contributed by atoms with Crippen LogP contribution < -0.4 is 26.7 Å². The van der Waals surface area contributed by atoms with Gasteiger partial charge < -0.3 is 25.7 Å². The lowest BCUT2D eigenvalue weighted by Crippen LogP contribution is -2.29. The number of amides is 1. The summed E-state index contributed by atoms with van der Waals surface area (Å²) in [5.74, 6) is 0.661. The molecule has 0 spiro atoms. The van der Waals surface area contributed by atoms with Crippen molar-refractivity contribution in [2.75, 3.05) is 18.2 Å². The number of carbonyl (C=O) groups is 1. The van der Waals surface area contributed by atoms with E-state index in [-0.39, 0.29) is 35.5 Å². The molecule has 2 aliphatic carbocycles. The quantitative estimate of drug-likeness (QED) is 0.324. The van der Waals surface area contributed by atoms with Gasteiger partial charge in [-0.2, -0.15) is 4.98 Å². The summed E-state index contributed by atoms with van der Waals surface area (Å²) in [6.45, 7) is 1.96. The van der Waals surface area contributed by atoms with E-state index in [1.807, 2.05) is 47.9 Å². The summed E-state index contributed by atoms with van der Waals surface area (Å²) in [6.07, 6.45) is 6.94. The standard InChI is InChI=1S/C28H29N7O3/c1-15(32-25-21(14-31-28(29)34-25)26(36)33-18-6-7-18)22-12-17-4-3-5-20(16-10-11-30-23(13-16)38-2)24(17)27(37)35(22)19-8-9-19/h3-5,10-15,18-19H,6-9H2,1-2H3,(H,33,36)(H3,29,31,32,34)/t15-/m0/s1. The molecule has 2 saturated carbocycles. The predicted molar refractivity (Wildman–Crippen MR) is 145 cm³/mol. The van der Waals surface area contributed by atoms with Crippen LogP contribution in [0.2, 0.25) is 0 Å². The van der Waals surface area contributed by atoms with E-state index in [0.717, 1.165) is 47.9 Å². The van der Waals surface area contributed by atoms with Crippen LogP contribution in [0.3, 0.4) is 0 Å². The Hall–Kier alpha value is -4.47. The van der Waals surface area contributed by atoms with Crippen LogP contribution in [0.25, 0.3) is 21.9 Å². The number of anilines is 2. The monoisotopic (exact) mass is 511 g/mol. The van der Waals surface area contributed by atoms with Crippen molar-refractivity contribution < 1.29 is 9.53 Å². The second kappa shape index (κ2) is 9.44. The highest BCUT2D eigenvalue weighted by molar-refractivity contribution is 5.99. The van der Waals surface area contributed by atoms with E-state index in [2.05, 4.69) is 25.6 Å². The number of nitrogens with zero attached hydrogens (tertiary/aromatic N) is 4. The van der Waals surface area contributed by atoms with Gasteiger partial charge in [0.05, 0.1) is 18.5 Å². The van der Waals surface area contributed by atoms with Crippen LogP contribution in [-0.4, -0.2) is 38.6 Å². The van der Waals surface area contributed by atoms with Crippen molar-refractivity contribution in [1.29, 1.82) is 0 Å². The third-order valence-corrected chi connectivity index (χ3v) is 7.04. The molecule has 2 aliphatic rings. The number of fused-ring (bicyclic) bond motifs is 1. The number of rotatable bonds is 8. The average Bonchev–Trinajstić information content (AvgIpc) is 3.84. The second-order valence-corrected chi connectivity index (χ2v) is 9.94. The van der Waals surface area contributed by atoms with Gasteiger partial charge in [0.2, 0.25) is 11.8 Å². The molecule has 6 rings (SSSR count). The van der Waals surface area contributed by atoms with Crippen LogP contribution in [0, 0.1) is 0 Å². The summed E-state index contributed by atoms with van der Waals surface area (Å²) in [5.41, 5.74) is 8.67. The molecule has 0 bridgehead atoms. The van der Waals surface area contributed by atoms with Crippen LogP contribution in [0.4, 0.5) is 11.8 Å². The Morgan fingerprint density at radius 3 is 2.71 bits per heavy atom. The third kappa shape index (κ3) is 4.53. The molecule has 0 saturated heterocycles. The van der Waals surface area contributed by atoms with Crippen LogP contribution in [0.1, 0.15) is 60.7 Å². The van der Waals surface area contributed by atoms with E-state index in [0.29, 0.717) is 22.6 Å². The van der Waals surface area contributed by atoms with Crippen molar-refractivity contribution in [2.45, 2.75) is 50.7 Å². The summed E-state index contributed by atoms with van der Waals surface area (Å²) in [4.78, 5) is 39.5. The number of hydrogen-bond donors (Lipinski definition) is 3. The molecule has 4 aromatic rings. The zero-order chi connectivity index (χ0) is 26.4. The Morgan fingerprint density at radius 1 is 1.16 bits per heavy atom. The summed E-state index contributed by atoms with van der Waals surface area (Å²) >= 11 is 0. The number of nitrogens with two attached hydrogens (primary N) is 1. The number of carbonyl (C=O) groups excluding carboxylic acids is 1. The van der Waals surface area contributed by atoms with Crippen LogP contribution >= 0.6 is 0 Å². The van der Waals surface area contributed by atoms with Gasteiger partial charge in [-0.1, -0.05) is 18.2 Å². The topological polar surface area (TPSA) is 137 Å². The largest absolute Gasteiger partial charge is 0.481 e. The Bertz CT molecular complexity index is 1610. The summed E-state index contributed by atoms with van der Waals surface area (Å²) in [7, 11) is 1.57. The fourth-order valence-electron chi connectivity index (χ4n) is 4.81.